The molecular weight excluding hydrogens is 382 g/mol. The van der Waals surface area contributed by atoms with Crippen LogP contribution >= 0.6 is 27.3 Å². The van der Waals surface area contributed by atoms with E-state index in [2.05, 4.69) is 63.4 Å². The van der Waals surface area contributed by atoms with Crippen molar-refractivity contribution in [2.45, 2.75) is 19.3 Å². The van der Waals surface area contributed by atoms with Crippen LogP contribution in [0.3, 0.4) is 0 Å². The van der Waals surface area contributed by atoms with Gasteiger partial charge in [0.2, 0.25) is 4.80 Å². The van der Waals surface area contributed by atoms with E-state index >= 15 is 0 Å². The number of rotatable bonds is 5. The van der Waals surface area contributed by atoms with E-state index in [1.54, 1.807) is 17.4 Å². The minimum Gasteiger partial charge on any atom is -0.253 e. The van der Waals surface area contributed by atoms with Crippen LogP contribution < -0.4 is 4.80 Å². The summed E-state index contributed by atoms with van der Waals surface area (Å²) >= 11 is 5.15. The molecule has 0 amide bonds. The summed E-state index contributed by atoms with van der Waals surface area (Å²) in [5.41, 5.74) is 2.19. The first-order chi connectivity index (χ1) is 11.8. The van der Waals surface area contributed by atoms with E-state index in [1.807, 2.05) is 16.8 Å². The van der Waals surface area contributed by atoms with Gasteiger partial charge in [0.1, 0.15) is 0 Å². The lowest BCUT2D eigenvalue weighted by Gasteiger charge is -2.12. The number of halogens is 1. The summed E-state index contributed by atoms with van der Waals surface area (Å²) in [7, 11) is 0. The number of thiazole rings is 1. The highest BCUT2D eigenvalue weighted by Crippen LogP contribution is 2.24. The molecule has 0 fully saturated rings. The number of nitrogens with zero attached hydrogens (tertiary/aromatic N) is 3. The number of allylic oxidation sites excluding steroid dienone is 2. The summed E-state index contributed by atoms with van der Waals surface area (Å²) in [4.78, 5) is 5.48. The highest BCUT2D eigenvalue weighted by atomic mass is 79.9. The molecule has 24 heavy (non-hydrogen) atoms. The van der Waals surface area contributed by atoms with Gasteiger partial charge in [-0.05, 0) is 37.3 Å². The molecule has 124 valence electrons. The van der Waals surface area contributed by atoms with E-state index in [4.69, 9.17) is 5.10 Å². The van der Waals surface area contributed by atoms with Crippen molar-refractivity contribution in [1.29, 1.82) is 0 Å². The first-order valence-corrected chi connectivity index (χ1v) is 9.72. The Kier molecular flexibility index (Phi) is 5.99. The van der Waals surface area contributed by atoms with E-state index < -0.39 is 0 Å². The third kappa shape index (κ3) is 4.22. The number of hydrogen-bond donors (Lipinski definition) is 0. The van der Waals surface area contributed by atoms with E-state index in [-0.39, 0.29) is 0 Å². The third-order valence-electron chi connectivity index (χ3n) is 3.86. The second-order valence-electron chi connectivity index (χ2n) is 5.66. The van der Waals surface area contributed by atoms with Crippen LogP contribution in [0.4, 0.5) is 0 Å². The maximum absolute atomic E-state index is 4.77. The minimum absolute atomic E-state index is 0.505. The van der Waals surface area contributed by atoms with Crippen molar-refractivity contribution >= 4 is 33.5 Å². The Morgan fingerprint density at radius 2 is 2.29 bits per heavy atom. The van der Waals surface area contributed by atoms with Gasteiger partial charge in [-0.3, -0.25) is 4.99 Å². The molecule has 1 aliphatic carbocycles. The molecule has 1 heterocycles. The zero-order valence-corrected chi connectivity index (χ0v) is 15.8. The van der Waals surface area contributed by atoms with Gasteiger partial charge in [-0.15, -0.1) is 17.9 Å². The normalized spacial score (nSPS) is 18.4. The van der Waals surface area contributed by atoms with Crippen molar-refractivity contribution < 1.29 is 0 Å². The average molecular weight is 402 g/mol. The van der Waals surface area contributed by atoms with Crippen LogP contribution in [0.25, 0.3) is 11.3 Å². The van der Waals surface area contributed by atoms with E-state index in [0.29, 0.717) is 12.5 Å². The highest BCUT2D eigenvalue weighted by Gasteiger charge is 2.10. The molecule has 0 N–H and O–H groups in total. The fraction of sp³-hybridized carbons (Fsp3) is 0.263. The molecule has 5 heteroatoms. The molecule has 1 atom stereocenters. The van der Waals surface area contributed by atoms with Crippen LogP contribution in [-0.2, 0) is 0 Å². The second-order valence-corrected chi connectivity index (χ2v) is 7.42. The van der Waals surface area contributed by atoms with Crippen LogP contribution in [-0.4, -0.2) is 17.4 Å². The second kappa shape index (κ2) is 8.40. The molecule has 3 rings (SSSR count). The topological polar surface area (TPSA) is 29.6 Å². The first kappa shape index (κ1) is 17.1. The number of aromatic nitrogens is 1. The quantitative estimate of drug-likeness (QED) is 0.483. The smallest absolute Gasteiger partial charge is 0.206 e. The Morgan fingerprint density at radius 3 is 3.04 bits per heavy atom. The Morgan fingerprint density at radius 1 is 1.38 bits per heavy atom. The first-order valence-electron chi connectivity index (χ1n) is 8.05. The van der Waals surface area contributed by atoms with Crippen molar-refractivity contribution in [3.05, 3.63) is 63.7 Å². The molecule has 0 saturated carbocycles. The molecule has 1 aliphatic rings. The Labute approximate surface area is 154 Å². The zero-order valence-electron chi connectivity index (χ0n) is 13.4. The van der Waals surface area contributed by atoms with Gasteiger partial charge in [0.15, 0.2) is 0 Å². The number of benzene rings is 1. The monoisotopic (exact) mass is 401 g/mol. The molecule has 2 aromatic rings. The summed E-state index contributed by atoms with van der Waals surface area (Å²) in [6.45, 7) is 4.35. The van der Waals surface area contributed by atoms with Crippen LogP contribution in [0.15, 0.2) is 69.0 Å². The molecule has 0 saturated heterocycles. The lowest BCUT2D eigenvalue weighted by Crippen LogP contribution is -2.14. The Hall–Kier alpha value is -1.72. The Balaban J connectivity index is 2.00. The highest BCUT2D eigenvalue weighted by molar-refractivity contribution is 9.10. The van der Waals surface area contributed by atoms with Gasteiger partial charge < -0.3 is 0 Å². The predicted octanol–water partition coefficient (Wildman–Crippen LogP) is 5.26. The van der Waals surface area contributed by atoms with Gasteiger partial charge in [-0.25, -0.2) is 4.68 Å². The molecule has 1 aromatic heterocycles. The van der Waals surface area contributed by atoms with Crippen molar-refractivity contribution in [2.75, 3.05) is 6.54 Å². The zero-order chi connectivity index (χ0) is 16.8. The van der Waals surface area contributed by atoms with Gasteiger partial charge in [0, 0.05) is 21.6 Å². The molecule has 0 bridgehead atoms. The van der Waals surface area contributed by atoms with E-state index in [9.17, 15) is 0 Å². The third-order valence-corrected chi connectivity index (χ3v) is 5.21. The summed E-state index contributed by atoms with van der Waals surface area (Å²) in [5.74, 6) is 0.505. The summed E-state index contributed by atoms with van der Waals surface area (Å²) in [5, 5.41) is 6.89. The van der Waals surface area contributed by atoms with Gasteiger partial charge in [0.25, 0.3) is 0 Å². The molecule has 0 spiro atoms. The minimum atomic E-state index is 0.505. The molecule has 1 unspecified atom stereocenters. The molecule has 0 radical (unpaired) electrons. The van der Waals surface area contributed by atoms with Gasteiger partial charge in [0.05, 0.1) is 12.2 Å². The van der Waals surface area contributed by atoms with Crippen LogP contribution in [0.5, 0.6) is 0 Å². The van der Waals surface area contributed by atoms with E-state index in [1.165, 1.54) is 0 Å². The maximum Gasteiger partial charge on any atom is 0.206 e. The predicted molar refractivity (Wildman–Crippen MR) is 106 cm³/mol. The molecular formula is C19H20BrN3S. The summed E-state index contributed by atoms with van der Waals surface area (Å²) in [6, 6.07) is 8.27. The van der Waals surface area contributed by atoms with Crippen molar-refractivity contribution in [3.63, 3.8) is 0 Å². The fourth-order valence-electron chi connectivity index (χ4n) is 2.62. The van der Waals surface area contributed by atoms with Gasteiger partial charge in [-0.2, -0.15) is 5.10 Å². The van der Waals surface area contributed by atoms with Crippen LogP contribution in [0, 0.1) is 5.92 Å². The number of hydrogen-bond acceptors (Lipinski definition) is 3. The molecule has 3 nitrogen and oxygen atoms in total. The average Bonchev–Trinajstić information content (AvgIpc) is 3.02. The van der Waals surface area contributed by atoms with E-state index in [0.717, 1.165) is 39.8 Å². The largest absolute Gasteiger partial charge is 0.253 e. The standard InChI is InChI=1S/C19H20BrN3S/c1-2-11-21-19-23(22-13-15-7-4-3-5-8-15)18(14-24-19)16-9-6-10-17(20)12-16/h2-4,6,9-10,12-15H,1,5,7-8,11H2. The fourth-order valence-corrected chi connectivity index (χ4v) is 3.87. The molecule has 1 aromatic carbocycles. The van der Waals surface area contributed by atoms with Crippen LogP contribution in [0.1, 0.15) is 19.3 Å². The Bertz CT molecular complexity index is 829. The lowest BCUT2D eigenvalue weighted by molar-refractivity contribution is 0.621. The lowest BCUT2D eigenvalue weighted by atomic mass is 9.96. The maximum atomic E-state index is 4.77. The van der Waals surface area contributed by atoms with Gasteiger partial charge >= 0.3 is 0 Å². The SMILES string of the molecule is C=CCN=c1scc(-c2cccc(Br)c2)n1N=CC1CC=CCC1. The molecule has 0 aliphatic heterocycles. The van der Waals surface area contributed by atoms with Gasteiger partial charge in [-0.1, -0.05) is 46.3 Å². The summed E-state index contributed by atoms with van der Waals surface area (Å²) in [6.07, 6.45) is 11.7. The van der Waals surface area contributed by atoms with Crippen molar-refractivity contribution in [3.8, 4) is 11.3 Å². The summed E-state index contributed by atoms with van der Waals surface area (Å²) < 4.78 is 3.01. The van der Waals surface area contributed by atoms with Crippen molar-refractivity contribution in [1.82, 2.24) is 4.68 Å². The van der Waals surface area contributed by atoms with Crippen LogP contribution in [0.2, 0.25) is 0 Å². The van der Waals surface area contributed by atoms with Crippen molar-refractivity contribution in [2.24, 2.45) is 16.0 Å².